The lowest BCUT2D eigenvalue weighted by Gasteiger charge is -2.30. The lowest BCUT2D eigenvalue weighted by molar-refractivity contribution is 0.624. The first-order chi connectivity index (χ1) is 10.0. The molecule has 4 heteroatoms. The van der Waals surface area contributed by atoms with E-state index in [0.29, 0.717) is 5.95 Å². The maximum atomic E-state index is 4.66. The molecule has 4 nitrogen and oxygen atoms in total. The molecule has 110 valence electrons. The van der Waals surface area contributed by atoms with E-state index in [9.17, 15) is 0 Å². The molecule has 3 rings (SSSR count). The highest BCUT2D eigenvalue weighted by atomic mass is 15.2. The van der Waals surface area contributed by atoms with Gasteiger partial charge in [0.1, 0.15) is 5.82 Å². The fourth-order valence-electron chi connectivity index (χ4n) is 2.61. The highest BCUT2D eigenvalue weighted by Gasteiger charge is 2.18. The Labute approximate surface area is 126 Å². The van der Waals surface area contributed by atoms with Crippen molar-refractivity contribution in [1.29, 1.82) is 0 Å². The Bertz CT molecular complexity index is 631. The summed E-state index contributed by atoms with van der Waals surface area (Å²) in [5, 5.41) is 3.33. The summed E-state index contributed by atoms with van der Waals surface area (Å²) in [5.74, 6) is 1.69. The van der Waals surface area contributed by atoms with Crippen LogP contribution >= 0.6 is 0 Å². The highest BCUT2D eigenvalue weighted by molar-refractivity contribution is 5.46. The predicted molar refractivity (Wildman–Crippen MR) is 86.6 cm³/mol. The Kier molecular flexibility index (Phi) is 3.53. The van der Waals surface area contributed by atoms with Crippen molar-refractivity contribution in [1.82, 2.24) is 9.97 Å². The smallest absolute Gasteiger partial charge is 0.225 e. The lowest BCUT2D eigenvalue weighted by Crippen LogP contribution is -2.32. The molecule has 0 atom stereocenters. The van der Waals surface area contributed by atoms with Gasteiger partial charge < -0.3 is 10.2 Å². The van der Waals surface area contributed by atoms with Crippen LogP contribution in [-0.2, 0) is 13.0 Å². The van der Waals surface area contributed by atoms with Crippen LogP contribution in [0.15, 0.2) is 36.5 Å². The van der Waals surface area contributed by atoms with Crippen molar-refractivity contribution in [3.05, 3.63) is 47.7 Å². The Morgan fingerprint density at radius 1 is 1.10 bits per heavy atom. The second-order valence-electron chi connectivity index (χ2n) is 6.55. The maximum Gasteiger partial charge on any atom is 0.225 e. The van der Waals surface area contributed by atoms with E-state index >= 15 is 0 Å². The number of fused-ring (bicyclic) bond motifs is 1. The van der Waals surface area contributed by atoms with Gasteiger partial charge in [0, 0.05) is 24.8 Å². The Morgan fingerprint density at radius 3 is 2.62 bits per heavy atom. The summed E-state index contributed by atoms with van der Waals surface area (Å²) < 4.78 is 0. The topological polar surface area (TPSA) is 41.1 Å². The Morgan fingerprint density at radius 2 is 1.86 bits per heavy atom. The van der Waals surface area contributed by atoms with E-state index in [0.717, 1.165) is 25.3 Å². The van der Waals surface area contributed by atoms with E-state index < -0.39 is 0 Å². The SMILES string of the molecule is CC(C)(C)Nc1nccc(N2CCc3ccccc3C2)n1. The number of nitrogens with one attached hydrogen (secondary N) is 1. The van der Waals surface area contributed by atoms with Crippen molar-refractivity contribution in [3.8, 4) is 0 Å². The number of hydrogen-bond acceptors (Lipinski definition) is 4. The third kappa shape index (κ3) is 3.32. The second-order valence-corrected chi connectivity index (χ2v) is 6.55. The molecule has 2 heterocycles. The molecule has 0 unspecified atom stereocenters. The van der Waals surface area contributed by atoms with Crippen LogP contribution in [0.1, 0.15) is 31.9 Å². The first-order valence-electron chi connectivity index (χ1n) is 7.44. The summed E-state index contributed by atoms with van der Waals surface area (Å²) in [4.78, 5) is 11.3. The van der Waals surface area contributed by atoms with E-state index in [1.807, 2.05) is 12.3 Å². The molecule has 0 saturated carbocycles. The van der Waals surface area contributed by atoms with Crippen molar-refractivity contribution < 1.29 is 0 Å². The predicted octanol–water partition coefficient (Wildman–Crippen LogP) is 3.25. The maximum absolute atomic E-state index is 4.66. The summed E-state index contributed by atoms with van der Waals surface area (Å²) in [7, 11) is 0. The number of rotatable bonds is 2. The molecule has 0 fully saturated rings. The first-order valence-corrected chi connectivity index (χ1v) is 7.44. The standard InChI is InChI=1S/C17H22N4/c1-17(2,3)20-16-18-10-8-15(19-16)21-11-9-13-6-4-5-7-14(13)12-21/h4-8,10H,9,11-12H2,1-3H3,(H,18,19,20). The van der Waals surface area contributed by atoms with E-state index in [1.54, 1.807) is 0 Å². The van der Waals surface area contributed by atoms with Gasteiger partial charge in [-0.1, -0.05) is 24.3 Å². The molecular weight excluding hydrogens is 260 g/mol. The first kappa shape index (κ1) is 13.9. The zero-order valence-corrected chi connectivity index (χ0v) is 12.9. The summed E-state index contributed by atoms with van der Waals surface area (Å²) >= 11 is 0. The van der Waals surface area contributed by atoms with Gasteiger partial charge in [0.05, 0.1) is 0 Å². The highest BCUT2D eigenvalue weighted by Crippen LogP contribution is 2.23. The van der Waals surface area contributed by atoms with Crippen LogP contribution in [0.3, 0.4) is 0 Å². The monoisotopic (exact) mass is 282 g/mol. The Balaban J connectivity index is 1.81. The third-order valence-corrected chi connectivity index (χ3v) is 3.58. The van der Waals surface area contributed by atoms with Crippen LogP contribution in [0.2, 0.25) is 0 Å². The number of aromatic nitrogens is 2. The zero-order chi connectivity index (χ0) is 14.9. The normalized spacial score (nSPS) is 14.7. The summed E-state index contributed by atoms with van der Waals surface area (Å²) in [6.07, 6.45) is 2.90. The molecule has 1 N–H and O–H groups in total. The van der Waals surface area contributed by atoms with E-state index in [-0.39, 0.29) is 5.54 Å². The molecular formula is C17H22N4. The third-order valence-electron chi connectivity index (χ3n) is 3.58. The zero-order valence-electron chi connectivity index (χ0n) is 12.9. The molecule has 0 saturated heterocycles. The molecule has 1 aliphatic rings. The van der Waals surface area contributed by atoms with Crippen LogP contribution < -0.4 is 10.2 Å². The molecule has 0 spiro atoms. The molecule has 0 aliphatic carbocycles. The van der Waals surface area contributed by atoms with Gasteiger partial charge >= 0.3 is 0 Å². The largest absolute Gasteiger partial charge is 0.352 e. The Hall–Kier alpha value is -2.10. The van der Waals surface area contributed by atoms with E-state index in [2.05, 4.69) is 65.2 Å². The number of nitrogens with zero attached hydrogens (tertiary/aromatic N) is 3. The van der Waals surface area contributed by atoms with Crippen LogP contribution in [0.25, 0.3) is 0 Å². The van der Waals surface area contributed by atoms with Gasteiger partial charge in [-0.2, -0.15) is 4.98 Å². The van der Waals surface area contributed by atoms with Crippen molar-refractivity contribution in [3.63, 3.8) is 0 Å². The average molecular weight is 282 g/mol. The molecule has 2 aromatic rings. The van der Waals surface area contributed by atoms with Crippen LogP contribution in [0, 0.1) is 0 Å². The molecule has 1 aromatic carbocycles. The lowest BCUT2D eigenvalue weighted by atomic mass is 10.00. The molecule has 0 amide bonds. The molecule has 0 radical (unpaired) electrons. The number of benzene rings is 1. The van der Waals surface area contributed by atoms with Crippen LogP contribution in [0.4, 0.5) is 11.8 Å². The number of anilines is 2. The minimum absolute atomic E-state index is 0.0346. The van der Waals surface area contributed by atoms with Crippen molar-refractivity contribution >= 4 is 11.8 Å². The average Bonchev–Trinajstić information content (AvgIpc) is 2.45. The molecule has 21 heavy (non-hydrogen) atoms. The second kappa shape index (κ2) is 5.35. The quantitative estimate of drug-likeness (QED) is 0.918. The summed E-state index contributed by atoms with van der Waals surface area (Å²) in [6, 6.07) is 10.6. The molecule has 1 aliphatic heterocycles. The number of hydrogen-bond donors (Lipinski definition) is 1. The van der Waals surface area contributed by atoms with Crippen molar-refractivity contribution in [2.45, 2.75) is 39.3 Å². The minimum Gasteiger partial charge on any atom is -0.352 e. The summed E-state index contributed by atoms with van der Waals surface area (Å²) in [6.45, 7) is 8.26. The van der Waals surface area contributed by atoms with Gasteiger partial charge in [-0.25, -0.2) is 4.98 Å². The van der Waals surface area contributed by atoms with E-state index in [1.165, 1.54) is 11.1 Å². The van der Waals surface area contributed by atoms with Gasteiger partial charge in [0.25, 0.3) is 0 Å². The van der Waals surface area contributed by atoms with Crippen LogP contribution in [-0.4, -0.2) is 22.1 Å². The fourth-order valence-corrected chi connectivity index (χ4v) is 2.61. The molecule has 1 aromatic heterocycles. The van der Waals surface area contributed by atoms with Gasteiger partial charge in [-0.05, 0) is 44.4 Å². The van der Waals surface area contributed by atoms with Crippen LogP contribution in [0.5, 0.6) is 0 Å². The molecule has 0 bridgehead atoms. The van der Waals surface area contributed by atoms with Gasteiger partial charge in [-0.15, -0.1) is 0 Å². The van der Waals surface area contributed by atoms with Gasteiger partial charge in [0.15, 0.2) is 0 Å². The van der Waals surface area contributed by atoms with Gasteiger partial charge in [0.2, 0.25) is 5.95 Å². The fraction of sp³-hybridized carbons (Fsp3) is 0.412. The van der Waals surface area contributed by atoms with Crippen molar-refractivity contribution in [2.24, 2.45) is 0 Å². The van der Waals surface area contributed by atoms with E-state index in [4.69, 9.17) is 0 Å². The summed E-state index contributed by atoms with van der Waals surface area (Å²) in [5.41, 5.74) is 2.82. The minimum atomic E-state index is -0.0346. The van der Waals surface area contributed by atoms with Gasteiger partial charge in [-0.3, -0.25) is 0 Å². The van der Waals surface area contributed by atoms with Crippen molar-refractivity contribution in [2.75, 3.05) is 16.8 Å².